The van der Waals surface area contributed by atoms with Gasteiger partial charge >= 0.3 is 0 Å². The second-order valence-electron chi connectivity index (χ2n) is 7.63. The van der Waals surface area contributed by atoms with Crippen molar-refractivity contribution in [3.63, 3.8) is 0 Å². The van der Waals surface area contributed by atoms with Gasteiger partial charge < -0.3 is 14.2 Å². The number of para-hydroxylation sites is 2. The van der Waals surface area contributed by atoms with Crippen LogP contribution in [0.15, 0.2) is 24.3 Å². The van der Waals surface area contributed by atoms with Crippen molar-refractivity contribution in [1.29, 1.82) is 0 Å². The first kappa shape index (κ1) is 18.4. The van der Waals surface area contributed by atoms with E-state index >= 15 is 0 Å². The van der Waals surface area contributed by atoms with Gasteiger partial charge in [-0.25, -0.2) is 9.37 Å². The molecule has 0 spiro atoms. The number of aromatic nitrogens is 2. The summed E-state index contributed by atoms with van der Waals surface area (Å²) in [6.07, 6.45) is 0.411. The fraction of sp³-hybridized carbons (Fsp3) is 0.600. The number of rotatable bonds is 4. The molecule has 2 aromatic rings. The van der Waals surface area contributed by atoms with Crippen molar-refractivity contribution in [2.75, 3.05) is 26.2 Å². The lowest BCUT2D eigenvalue weighted by atomic mass is 10.0. The largest absolute Gasteiger partial charge is 0.366 e. The van der Waals surface area contributed by atoms with Crippen molar-refractivity contribution >= 4 is 16.9 Å². The minimum Gasteiger partial charge on any atom is -0.366 e. The number of alkyl halides is 1. The van der Waals surface area contributed by atoms with E-state index in [0.29, 0.717) is 25.7 Å². The highest BCUT2D eigenvalue weighted by molar-refractivity contribution is 5.75. The fourth-order valence-corrected chi connectivity index (χ4v) is 4.27. The molecule has 2 unspecified atom stereocenters. The number of benzene rings is 1. The number of nitrogens with zero attached hydrogens (tertiary/aromatic N) is 4. The summed E-state index contributed by atoms with van der Waals surface area (Å²) in [4.78, 5) is 20.1. The Bertz CT molecular complexity index is 815. The van der Waals surface area contributed by atoms with E-state index in [1.807, 2.05) is 40.8 Å². The highest BCUT2D eigenvalue weighted by atomic mass is 19.1. The highest BCUT2D eigenvalue weighted by Crippen LogP contribution is 2.25. The number of hydrogen-bond donors (Lipinski definition) is 0. The summed E-state index contributed by atoms with van der Waals surface area (Å²) < 4.78 is 22.5. The molecule has 0 bridgehead atoms. The monoisotopic (exact) mass is 374 g/mol. The molecule has 0 aliphatic carbocycles. The molecule has 0 N–H and O–H groups in total. The zero-order chi connectivity index (χ0) is 19.0. The summed E-state index contributed by atoms with van der Waals surface area (Å²) in [6, 6.07) is 8.28. The zero-order valence-corrected chi connectivity index (χ0v) is 16.0. The summed E-state index contributed by atoms with van der Waals surface area (Å²) in [5.74, 6) is 0.943. The molecule has 1 amide bonds. The van der Waals surface area contributed by atoms with Crippen LogP contribution in [0.25, 0.3) is 11.0 Å². The molecule has 146 valence electrons. The molecule has 2 saturated heterocycles. The van der Waals surface area contributed by atoms with Crippen molar-refractivity contribution < 1.29 is 13.9 Å². The van der Waals surface area contributed by atoms with Crippen LogP contribution >= 0.6 is 0 Å². The lowest BCUT2D eigenvalue weighted by Crippen LogP contribution is -2.45. The van der Waals surface area contributed by atoms with Gasteiger partial charge in [0.2, 0.25) is 5.91 Å². The Balaban J connectivity index is 1.34. The number of piperidine rings is 1. The smallest absolute Gasteiger partial charge is 0.219 e. The molecule has 6 nitrogen and oxygen atoms in total. The van der Waals surface area contributed by atoms with Crippen LogP contribution in [0, 0.1) is 0 Å². The molecule has 2 aliphatic heterocycles. The molecule has 0 radical (unpaired) electrons. The summed E-state index contributed by atoms with van der Waals surface area (Å²) in [7, 11) is 1.96. The normalized spacial score (nSPS) is 24.8. The van der Waals surface area contributed by atoms with E-state index in [2.05, 4.69) is 9.88 Å². The van der Waals surface area contributed by atoms with E-state index in [4.69, 9.17) is 4.74 Å². The van der Waals surface area contributed by atoms with E-state index in [-0.39, 0.29) is 5.91 Å². The SMILES string of the molecule is CC(=O)N1CCC(N2CC(F)C(OCc3nc4ccccc4n3C)C2)CC1. The predicted octanol–water partition coefficient (Wildman–Crippen LogP) is 2.12. The number of ether oxygens (including phenoxy) is 1. The second kappa shape index (κ2) is 7.56. The molecule has 2 atom stereocenters. The second-order valence-corrected chi connectivity index (χ2v) is 7.63. The molecule has 3 heterocycles. The van der Waals surface area contributed by atoms with Gasteiger partial charge in [-0.3, -0.25) is 9.69 Å². The maximum atomic E-state index is 14.5. The average Bonchev–Trinajstić information content (AvgIpc) is 3.20. The number of halogens is 1. The first-order valence-electron chi connectivity index (χ1n) is 9.68. The highest BCUT2D eigenvalue weighted by Gasteiger charge is 2.38. The number of likely N-dealkylation sites (tertiary alicyclic amines) is 2. The maximum Gasteiger partial charge on any atom is 0.219 e. The van der Waals surface area contributed by atoms with Crippen molar-refractivity contribution in [3.8, 4) is 0 Å². The molecule has 0 saturated carbocycles. The first-order valence-corrected chi connectivity index (χ1v) is 9.68. The third-order valence-corrected chi connectivity index (χ3v) is 5.96. The Labute approximate surface area is 158 Å². The molecule has 4 rings (SSSR count). The van der Waals surface area contributed by atoms with Gasteiger partial charge in [-0.15, -0.1) is 0 Å². The Morgan fingerprint density at radius 3 is 2.70 bits per heavy atom. The van der Waals surface area contributed by atoms with Crippen LogP contribution in [0.5, 0.6) is 0 Å². The fourth-order valence-electron chi connectivity index (χ4n) is 4.27. The van der Waals surface area contributed by atoms with Gasteiger partial charge in [0, 0.05) is 46.2 Å². The Kier molecular flexibility index (Phi) is 5.14. The maximum absolute atomic E-state index is 14.5. The number of hydrogen-bond acceptors (Lipinski definition) is 4. The van der Waals surface area contributed by atoms with Gasteiger partial charge in [0.25, 0.3) is 0 Å². The number of carbonyl (C=O) groups excluding carboxylic acids is 1. The van der Waals surface area contributed by atoms with E-state index < -0.39 is 12.3 Å². The quantitative estimate of drug-likeness (QED) is 0.823. The van der Waals surface area contributed by atoms with Gasteiger partial charge in [0.1, 0.15) is 24.7 Å². The van der Waals surface area contributed by atoms with Crippen LogP contribution in [-0.2, 0) is 23.2 Å². The molecule has 27 heavy (non-hydrogen) atoms. The topological polar surface area (TPSA) is 50.6 Å². The van der Waals surface area contributed by atoms with E-state index in [1.54, 1.807) is 6.92 Å². The molecule has 2 aliphatic rings. The van der Waals surface area contributed by atoms with Crippen LogP contribution in [0.2, 0.25) is 0 Å². The van der Waals surface area contributed by atoms with E-state index in [9.17, 15) is 9.18 Å². The molecule has 1 aromatic heterocycles. The number of imidazole rings is 1. The third kappa shape index (κ3) is 3.71. The minimum absolute atomic E-state index is 0.127. The standard InChI is InChI=1S/C20H27FN4O2/c1-14(26)24-9-7-15(8-10-24)25-11-16(21)19(12-25)27-13-20-22-17-5-3-4-6-18(17)23(20)2/h3-6,15-16,19H,7-13H2,1-2H3. The summed E-state index contributed by atoms with van der Waals surface area (Å²) >= 11 is 0. The van der Waals surface area contributed by atoms with Crippen molar-refractivity contribution in [2.45, 2.75) is 44.7 Å². The Morgan fingerprint density at radius 1 is 1.26 bits per heavy atom. The van der Waals surface area contributed by atoms with Crippen LogP contribution < -0.4 is 0 Å². The number of amides is 1. The van der Waals surface area contributed by atoms with Gasteiger partial charge in [-0.05, 0) is 25.0 Å². The predicted molar refractivity (Wildman–Crippen MR) is 101 cm³/mol. The van der Waals surface area contributed by atoms with Crippen molar-refractivity contribution in [1.82, 2.24) is 19.4 Å². The van der Waals surface area contributed by atoms with Gasteiger partial charge in [0.15, 0.2) is 0 Å². The van der Waals surface area contributed by atoms with Crippen LogP contribution in [-0.4, -0.2) is 69.8 Å². The van der Waals surface area contributed by atoms with Gasteiger partial charge in [0.05, 0.1) is 11.0 Å². The molecule has 7 heteroatoms. The lowest BCUT2D eigenvalue weighted by Gasteiger charge is -2.36. The Morgan fingerprint density at radius 2 is 2.00 bits per heavy atom. The average molecular weight is 374 g/mol. The number of aryl methyl sites for hydroxylation is 1. The zero-order valence-electron chi connectivity index (χ0n) is 16.0. The van der Waals surface area contributed by atoms with Crippen LogP contribution in [0.4, 0.5) is 4.39 Å². The first-order chi connectivity index (χ1) is 13.0. The van der Waals surface area contributed by atoms with Crippen LogP contribution in [0.1, 0.15) is 25.6 Å². The summed E-state index contributed by atoms with van der Waals surface area (Å²) in [5.41, 5.74) is 1.99. The number of carbonyl (C=O) groups is 1. The lowest BCUT2D eigenvalue weighted by molar-refractivity contribution is -0.130. The summed E-state index contributed by atoms with van der Waals surface area (Å²) in [5, 5.41) is 0. The summed E-state index contributed by atoms with van der Waals surface area (Å²) in [6.45, 7) is 4.47. The van der Waals surface area contributed by atoms with E-state index in [0.717, 1.165) is 42.8 Å². The van der Waals surface area contributed by atoms with E-state index in [1.165, 1.54) is 0 Å². The van der Waals surface area contributed by atoms with Crippen LogP contribution in [0.3, 0.4) is 0 Å². The molecule has 2 fully saturated rings. The van der Waals surface area contributed by atoms with Gasteiger partial charge in [-0.1, -0.05) is 12.1 Å². The molecule has 1 aromatic carbocycles. The third-order valence-electron chi connectivity index (χ3n) is 5.96. The minimum atomic E-state index is -0.981. The van der Waals surface area contributed by atoms with Gasteiger partial charge in [-0.2, -0.15) is 0 Å². The molecular formula is C20H27FN4O2. The van der Waals surface area contributed by atoms with Crippen molar-refractivity contribution in [3.05, 3.63) is 30.1 Å². The molecular weight excluding hydrogens is 347 g/mol. The number of fused-ring (bicyclic) bond motifs is 1. The van der Waals surface area contributed by atoms with Crippen molar-refractivity contribution in [2.24, 2.45) is 7.05 Å². The Hall–Kier alpha value is -1.99.